The van der Waals surface area contributed by atoms with E-state index in [0.717, 1.165) is 32.3 Å². The van der Waals surface area contributed by atoms with Crippen molar-refractivity contribution in [1.29, 1.82) is 0 Å². The van der Waals surface area contributed by atoms with E-state index < -0.39 is 20.3 Å². The Morgan fingerprint density at radius 1 is 1.03 bits per heavy atom. The lowest BCUT2D eigenvalue weighted by Crippen LogP contribution is -2.40. The van der Waals surface area contributed by atoms with Crippen LogP contribution in [0.5, 0.6) is 0 Å². The topological polar surface area (TPSA) is 76.1 Å². The maximum atomic E-state index is 12.3. The number of allylic oxidation sites excluding steroid dienone is 2. The molecule has 1 heterocycles. The largest absolute Gasteiger partial charge is 0.508 e. The predicted molar refractivity (Wildman–Crippen MR) is 141 cm³/mol. The fourth-order valence-electron chi connectivity index (χ4n) is 3.84. The summed E-state index contributed by atoms with van der Waals surface area (Å²) in [6, 6.07) is -0.541. The summed E-state index contributed by atoms with van der Waals surface area (Å²) < 4.78 is 11.0. The molecule has 1 saturated heterocycles. The molecule has 1 amide bonds. The Labute approximate surface area is 208 Å². The molecule has 1 atom stereocenters. The van der Waals surface area contributed by atoms with E-state index in [2.05, 4.69) is 33.9 Å². The van der Waals surface area contributed by atoms with E-state index in [0.29, 0.717) is 13.0 Å². The van der Waals surface area contributed by atoms with E-state index in [1.165, 1.54) is 56.6 Å². The molecule has 6 nitrogen and oxygen atoms in total. The van der Waals surface area contributed by atoms with Gasteiger partial charge in [0, 0.05) is 19.2 Å². The number of carbonyl (C=O) groups excluding carboxylic acids is 2. The molecule has 0 radical (unpaired) electrons. The van der Waals surface area contributed by atoms with Crippen molar-refractivity contribution in [2.24, 2.45) is 0 Å². The van der Waals surface area contributed by atoms with E-state index in [4.69, 9.17) is 9.16 Å². The van der Waals surface area contributed by atoms with Crippen LogP contribution in [-0.2, 0) is 18.8 Å². The number of ether oxygens (including phenoxy) is 1. The molecule has 0 aliphatic carbocycles. The number of nitrogens with zero attached hydrogens (tertiary/aromatic N) is 1. The molecular weight excluding hydrogens is 446 g/mol. The van der Waals surface area contributed by atoms with Crippen LogP contribution in [0.4, 0.5) is 0 Å². The van der Waals surface area contributed by atoms with Crippen molar-refractivity contribution in [2.45, 2.75) is 116 Å². The minimum atomic E-state index is -1.59. The van der Waals surface area contributed by atoms with Crippen LogP contribution in [0.2, 0.25) is 18.1 Å². The number of carbonyl (C=O) groups is 2. The molecule has 34 heavy (non-hydrogen) atoms. The Balaban J connectivity index is 2.08. The van der Waals surface area contributed by atoms with Gasteiger partial charge in [0.2, 0.25) is 0 Å². The number of unbranched alkanes of at least 4 members (excludes halogenated alkanes) is 8. The minimum Gasteiger partial charge on any atom is -0.508 e. The van der Waals surface area contributed by atoms with Crippen molar-refractivity contribution >= 4 is 20.2 Å². The van der Waals surface area contributed by atoms with Crippen molar-refractivity contribution in [2.75, 3.05) is 20.3 Å². The highest BCUT2D eigenvalue weighted by Gasteiger charge is 2.36. The molecule has 1 fully saturated rings. The third-order valence-electron chi connectivity index (χ3n) is 7.10. The lowest BCUT2D eigenvalue weighted by atomic mass is 10.1. The summed E-state index contributed by atoms with van der Waals surface area (Å²) in [5.74, 6) is -0.815. The molecule has 1 rings (SSSR count). The number of methoxy groups -OCH3 is 1. The molecule has 1 aliphatic rings. The summed E-state index contributed by atoms with van der Waals surface area (Å²) in [5, 5.41) is 10.3. The molecule has 0 spiro atoms. The Morgan fingerprint density at radius 3 is 2.21 bits per heavy atom. The van der Waals surface area contributed by atoms with E-state index >= 15 is 0 Å². The van der Waals surface area contributed by atoms with Crippen molar-refractivity contribution in [1.82, 2.24) is 4.90 Å². The molecule has 0 aromatic carbocycles. The molecule has 0 aromatic rings. The first-order valence-corrected chi connectivity index (χ1v) is 16.0. The highest BCUT2D eigenvalue weighted by molar-refractivity contribution is 6.74. The van der Waals surface area contributed by atoms with Crippen LogP contribution < -0.4 is 0 Å². The van der Waals surface area contributed by atoms with Crippen LogP contribution in [0.25, 0.3) is 0 Å². The first-order valence-electron chi connectivity index (χ1n) is 13.1. The SMILES string of the molecule is COC(=O)C1CCCN1C(=O)/C=C(O)/C=C/CCCCCCCCCCO[Si](C)(C)C(C)(C)C. The molecule has 1 aliphatic heterocycles. The van der Waals surface area contributed by atoms with E-state index in [1.54, 1.807) is 6.08 Å². The molecule has 196 valence electrons. The number of hydrogen-bond donors (Lipinski definition) is 1. The molecule has 1 N–H and O–H groups in total. The Bertz CT molecular complexity index is 681. The van der Waals surface area contributed by atoms with Gasteiger partial charge in [-0.1, -0.05) is 65.4 Å². The van der Waals surface area contributed by atoms with Gasteiger partial charge in [-0.25, -0.2) is 4.79 Å². The van der Waals surface area contributed by atoms with Gasteiger partial charge in [-0.3, -0.25) is 4.79 Å². The first kappa shape index (κ1) is 30.4. The zero-order valence-electron chi connectivity index (χ0n) is 22.5. The first-order chi connectivity index (χ1) is 16.0. The fraction of sp³-hybridized carbons (Fsp3) is 0.778. The van der Waals surface area contributed by atoms with Crippen molar-refractivity contribution in [3.63, 3.8) is 0 Å². The summed E-state index contributed by atoms with van der Waals surface area (Å²) in [6.45, 7) is 12.9. The Kier molecular flexibility index (Phi) is 13.8. The van der Waals surface area contributed by atoms with Gasteiger partial charge in [-0.15, -0.1) is 0 Å². The second-order valence-electron chi connectivity index (χ2n) is 10.9. The Hall–Kier alpha value is -1.60. The zero-order chi connectivity index (χ0) is 25.6. The van der Waals surface area contributed by atoms with Gasteiger partial charge in [-0.05, 0) is 56.3 Å². The number of rotatable bonds is 15. The van der Waals surface area contributed by atoms with Gasteiger partial charge in [0.15, 0.2) is 8.32 Å². The number of hydrogen-bond acceptors (Lipinski definition) is 5. The van der Waals surface area contributed by atoms with Crippen molar-refractivity contribution < 1.29 is 23.9 Å². The summed E-state index contributed by atoms with van der Waals surface area (Å²) >= 11 is 0. The van der Waals surface area contributed by atoms with E-state index in [1.807, 2.05) is 6.08 Å². The lowest BCUT2D eigenvalue weighted by Gasteiger charge is -2.36. The molecular formula is C27H49NO5Si. The minimum absolute atomic E-state index is 0.0713. The number of esters is 1. The zero-order valence-corrected chi connectivity index (χ0v) is 23.5. The quantitative estimate of drug-likeness (QED) is 0.0684. The van der Waals surface area contributed by atoms with Crippen LogP contribution in [0.1, 0.15) is 91.4 Å². The highest BCUT2D eigenvalue weighted by atomic mass is 28.4. The van der Waals surface area contributed by atoms with Crippen LogP contribution in [0, 0.1) is 0 Å². The summed E-state index contributed by atoms with van der Waals surface area (Å²) in [6.07, 6.45) is 16.7. The number of likely N-dealkylation sites (tertiary alicyclic amines) is 1. The molecule has 1 unspecified atom stereocenters. The molecule has 0 saturated carbocycles. The highest BCUT2D eigenvalue weighted by Crippen LogP contribution is 2.36. The maximum Gasteiger partial charge on any atom is 0.328 e. The Morgan fingerprint density at radius 2 is 1.62 bits per heavy atom. The van der Waals surface area contributed by atoms with Gasteiger partial charge in [0.25, 0.3) is 5.91 Å². The van der Waals surface area contributed by atoms with Gasteiger partial charge >= 0.3 is 5.97 Å². The number of amides is 1. The summed E-state index contributed by atoms with van der Waals surface area (Å²) in [4.78, 5) is 25.6. The van der Waals surface area contributed by atoms with E-state index in [-0.39, 0.29) is 16.7 Å². The van der Waals surface area contributed by atoms with E-state index in [9.17, 15) is 14.7 Å². The normalized spacial score (nSPS) is 17.5. The second-order valence-corrected chi connectivity index (χ2v) is 15.7. The smallest absolute Gasteiger partial charge is 0.328 e. The van der Waals surface area contributed by atoms with Crippen LogP contribution in [0.3, 0.4) is 0 Å². The number of aliphatic hydroxyl groups excluding tert-OH is 1. The third-order valence-corrected chi connectivity index (χ3v) is 11.6. The lowest BCUT2D eigenvalue weighted by molar-refractivity contribution is -0.149. The predicted octanol–water partition coefficient (Wildman–Crippen LogP) is 6.68. The second kappa shape index (κ2) is 15.4. The fourth-order valence-corrected chi connectivity index (χ4v) is 4.93. The third kappa shape index (κ3) is 11.2. The maximum absolute atomic E-state index is 12.3. The van der Waals surface area contributed by atoms with Gasteiger partial charge < -0.3 is 19.2 Å². The summed E-state index contributed by atoms with van der Waals surface area (Å²) in [5.41, 5.74) is 0. The van der Waals surface area contributed by atoms with Crippen LogP contribution in [-0.4, -0.2) is 56.5 Å². The molecule has 0 bridgehead atoms. The average molecular weight is 496 g/mol. The van der Waals surface area contributed by atoms with Crippen molar-refractivity contribution in [3.8, 4) is 0 Å². The average Bonchev–Trinajstić information content (AvgIpc) is 3.25. The van der Waals surface area contributed by atoms with Gasteiger partial charge in [-0.2, -0.15) is 0 Å². The standard InChI is InChI=1S/C27H49NO5Si/c1-27(2,3)34(5,6)33-21-16-14-12-10-8-7-9-11-13-15-18-23(29)22-25(30)28-20-17-19-24(28)26(31)32-4/h15,18,22,24,29H,7-14,16-17,19-21H2,1-6H3/b18-15+,23-22-. The van der Waals surface area contributed by atoms with Crippen molar-refractivity contribution in [3.05, 3.63) is 24.0 Å². The van der Waals surface area contributed by atoms with Crippen LogP contribution >= 0.6 is 0 Å². The number of aliphatic hydroxyl groups is 1. The van der Waals surface area contributed by atoms with Gasteiger partial charge in [0.1, 0.15) is 11.8 Å². The molecule has 0 aromatic heterocycles. The van der Waals surface area contributed by atoms with Crippen LogP contribution in [0.15, 0.2) is 24.0 Å². The summed E-state index contributed by atoms with van der Waals surface area (Å²) in [7, 11) is -0.267. The van der Waals surface area contributed by atoms with Gasteiger partial charge in [0.05, 0.1) is 7.11 Å². The monoisotopic (exact) mass is 495 g/mol. The molecule has 7 heteroatoms.